The van der Waals surface area contributed by atoms with Crippen LogP contribution in [0.25, 0.3) is 0 Å². The van der Waals surface area contributed by atoms with Crippen LogP contribution in [0, 0.1) is 0 Å². The van der Waals surface area contributed by atoms with Crippen LogP contribution in [0.5, 0.6) is 0 Å². The second kappa shape index (κ2) is 12.6. The van der Waals surface area contributed by atoms with Gasteiger partial charge < -0.3 is 4.74 Å². The molecule has 0 atom stereocenters. The van der Waals surface area contributed by atoms with Gasteiger partial charge in [0.15, 0.2) is 11.6 Å². The van der Waals surface area contributed by atoms with Gasteiger partial charge in [-0.25, -0.2) is 4.79 Å². The molecule has 0 spiro atoms. The van der Waals surface area contributed by atoms with Crippen LogP contribution in [-0.2, 0) is 4.74 Å². The zero-order valence-electron chi connectivity index (χ0n) is 21.5. The quantitative estimate of drug-likeness (QED) is 0.123. The third kappa shape index (κ3) is 6.16. The summed E-state index contributed by atoms with van der Waals surface area (Å²) in [5.74, 6) is -1.07. The molecule has 4 nitrogen and oxygen atoms in total. The Morgan fingerprint density at radius 3 is 1.75 bits per heavy atom. The highest BCUT2D eigenvalue weighted by molar-refractivity contribution is 8.00. The van der Waals surface area contributed by atoms with E-state index >= 15 is 0 Å². The summed E-state index contributed by atoms with van der Waals surface area (Å²) in [5, 5.41) is 1.22. The average molecular weight is 608 g/mol. The van der Waals surface area contributed by atoms with E-state index in [1.165, 1.54) is 29.6 Å². The molecule has 202 valence electrons. The summed E-state index contributed by atoms with van der Waals surface area (Å²) in [6, 6.07) is 22.9. The van der Waals surface area contributed by atoms with Gasteiger partial charge in [-0.05, 0) is 85.3 Å². The summed E-state index contributed by atoms with van der Waals surface area (Å²) in [4.78, 5) is 43.8. The van der Waals surface area contributed by atoms with E-state index in [9.17, 15) is 14.4 Å². The fraction of sp³-hybridized carbons (Fsp3) is 0.156. The van der Waals surface area contributed by atoms with Crippen LogP contribution in [0.4, 0.5) is 0 Å². The predicted molar refractivity (Wildman–Crippen MR) is 161 cm³/mol. The number of benzene rings is 4. The molecule has 0 unspecified atom stereocenters. The Labute approximate surface area is 251 Å². The molecule has 40 heavy (non-hydrogen) atoms. The SMILES string of the molecule is CCCCCOC(=O)c1ccc2c(c1)C(=O)c1c(Sc3ccc(Cl)cc3)ccc(Sc3ccc(Cl)cc3)c1C2=O. The van der Waals surface area contributed by atoms with E-state index in [4.69, 9.17) is 27.9 Å². The van der Waals surface area contributed by atoms with Gasteiger partial charge in [-0.1, -0.05) is 66.5 Å². The fourth-order valence-corrected chi connectivity index (χ4v) is 6.54. The van der Waals surface area contributed by atoms with Crippen molar-refractivity contribution in [1.29, 1.82) is 0 Å². The van der Waals surface area contributed by atoms with Gasteiger partial charge in [0.25, 0.3) is 0 Å². The Kier molecular flexibility index (Phi) is 9.01. The predicted octanol–water partition coefficient (Wildman–Crippen LogP) is 9.42. The summed E-state index contributed by atoms with van der Waals surface area (Å²) in [6.07, 6.45) is 2.75. The number of esters is 1. The Morgan fingerprint density at radius 2 is 1.23 bits per heavy atom. The summed E-state index contributed by atoms with van der Waals surface area (Å²) in [7, 11) is 0. The zero-order valence-corrected chi connectivity index (χ0v) is 24.7. The molecule has 0 aliphatic heterocycles. The number of rotatable bonds is 9. The molecular formula is C32H24Cl2O4S2. The summed E-state index contributed by atoms with van der Waals surface area (Å²) < 4.78 is 5.40. The Hall–Kier alpha value is -3.03. The average Bonchev–Trinajstić information content (AvgIpc) is 2.96. The van der Waals surface area contributed by atoms with Gasteiger partial charge in [0.1, 0.15) is 0 Å². The van der Waals surface area contributed by atoms with Gasteiger partial charge in [-0.2, -0.15) is 0 Å². The topological polar surface area (TPSA) is 60.4 Å². The van der Waals surface area contributed by atoms with Crippen molar-refractivity contribution in [3.8, 4) is 0 Å². The van der Waals surface area contributed by atoms with E-state index in [-0.39, 0.29) is 28.3 Å². The number of fused-ring (bicyclic) bond motifs is 2. The van der Waals surface area contributed by atoms with Crippen LogP contribution in [0.15, 0.2) is 98.4 Å². The largest absolute Gasteiger partial charge is 0.462 e. The molecule has 0 aromatic heterocycles. The number of hydrogen-bond acceptors (Lipinski definition) is 6. The van der Waals surface area contributed by atoms with Gasteiger partial charge in [0.2, 0.25) is 0 Å². The summed E-state index contributed by atoms with van der Waals surface area (Å²) in [6.45, 7) is 2.39. The number of ether oxygens (including phenoxy) is 1. The lowest BCUT2D eigenvalue weighted by Crippen LogP contribution is -2.23. The van der Waals surface area contributed by atoms with Crippen molar-refractivity contribution in [2.75, 3.05) is 6.61 Å². The number of carbonyl (C=O) groups excluding carboxylic acids is 3. The Bertz CT molecular complexity index is 1600. The lowest BCUT2D eigenvalue weighted by atomic mass is 9.83. The normalized spacial score (nSPS) is 12.2. The van der Waals surface area contributed by atoms with Crippen LogP contribution in [0.1, 0.15) is 68.4 Å². The Morgan fingerprint density at radius 1 is 0.700 bits per heavy atom. The van der Waals surface area contributed by atoms with Gasteiger partial charge in [0, 0.05) is 51.9 Å². The molecule has 0 saturated carbocycles. The van der Waals surface area contributed by atoms with E-state index in [1.807, 2.05) is 36.4 Å². The number of unbranched alkanes of at least 4 members (excludes halogenated alkanes) is 2. The minimum absolute atomic E-state index is 0.201. The van der Waals surface area contributed by atoms with Crippen LogP contribution in [0.2, 0.25) is 10.0 Å². The van der Waals surface area contributed by atoms with Crippen LogP contribution in [0.3, 0.4) is 0 Å². The molecular weight excluding hydrogens is 583 g/mol. The lowest BCUT2D eigenvalue weighted by molar-refractivity contribution is 0.0498. The standard InChI is InChI=1S/C32H24Cl2O4S2/c1-2-3-4-17-38-32(37)19-5-14-24-25(18-19)31(36)29-27(40-23-12-8-21(34)9-13-23)16-15-26(28(29)30(24)35)39-22-10-6-20(33)7-11-22/h5-16,18H,2-4,17H2,1H3. The maximum Gasteiger partial charge on any atom is 0.338 e. The molecule has 4 aromatic rings. The highest BCUT2D eigenvalue weighted by Crippen LogP contribution is 2.43. The summed E-state index contributed by atoms with van der Waals surface area (Å²) >= 11 is 14.9. The molecule has 0 bridgehead atoms. The number of halogens is 2. The molecule has 0 fully saturated rings. The second-order valence-corrected chi connectivity index (χ2v) is 12.3. The van der Waals surface area contributed by atoms with Crippen molar-refractivity contribution < 1.29 is 19.1 Å². The first-order valence-electron chi connectivity index (χ1n) is 12.8. The van der Waals surface area contributed by atoms with Gasteiger partial charge >= 0.3 is 5.97 Å². The highest BCUT2D eigenvalue weighted by Gasteiger charge is 2.35. The van der Waals surface area contributed by atoms with Crippen LogP contribution >= 0.6 is 46.7 Å². The first kappa shape index (κ1) is 28.5. The minimum atomic E-state index is -0.507. The van der Waals surface area contributed by atoms with Crippen molar-refractivity contribution in [2.24, 2.45) is 0 Å². The smallest absolute Gasteiger partial charge is 0.338 e. The first-order chi connectivity index (χ1) is 19.4. The van der Waals surface area contributed by atoms with Gasteiger partial charge in [-0.15, -0.1) is 0 Å². The van der Waals surface area contributed by atoms with Gasteiger partial charge in [0.05, 0.1) is 12.2 Å². The van der Waals surface area contributed by atoms with E-state index in [1.54, 1.807) is 36.4 Å². The molecule has 8 heteroatoms. The third-order valence-corrected chi connectivity index (χ3v) is 9.03. The highest BCUT2D eigenvalue weighted by atomic mass is 35.5. The van der Waals surface area contributed by atoms with E-state index in [0.29, 0.717) is 37.6 Å². The number of hydrogen-bond donors (Lipinski definition) is 0. The lowest BCUT2D eigenvalue weighted by Gasteiger charge is -2.23. The summed E-state index contributed by atoms with van der Waals surface area (Å²) in [5.41, 5.74) is 1.40. The monoisotopic (exact) mass is 606 g/mol. The molecule has 0 N–H and O–H groups in total. The molecule has 0 saturated heterocycles. The fourth-order valence-electron chi connectivity index (χ4n) is 4.37. The maximum absolute atomic E-state index is 14.1. The zero-order chi connectivity index (χ0) is 28.2. The first-order valence-corrected chi connectivity index (χ1v) is 15.2. The molecule has 0 radical (unpaired) electrons. The molecule has 5 rings (SSSR count). The van der Waals surface area contributed by atoms with E-state index in [0.717, 1.165) is 29.1 Å². The van der Waals surface area contributed by atoms with E-state index in [2.05, 4.69) is 6.92 Å². The van der Waals surface area contributed by atoms with Crippen molar-refractivity contribution in [3.05, 3.63) is 117 Å². The van der Waals surface area contributed by atoms with Crippen molar-refractivity contribution >= 4 is 64.3 Å². The van der Waals surface area contributed by atoms with Crippen LogP contribution in [-0.4, -0.2) is 24.1 Å². The third-order valence-electron chi connectivity index (χ3n) is 6.39. The van der Waals surface area contributed by atoms with Crippen LogP contribution < -0.4 is 0 Å². The molecule has 0 amide bonds. The Balaban J connectivity index is 1.56. The minimum Gasteiger partial charge on any atom is -0.462 e. The maximum atomic E-state index is 14.1. The molecule has 1 aliphatic carbocycles. The van der Waals surface area contributed by atoms with Crippen molar-refractivity contribution in [3.63, 3.8) is 0 Å². The number of ketones is 2. The van der Waals surface area contributed by atoms with E-state index < -0.39 is 5.97 Å². The van der Waals surface area contributed by atoms with Crippen molar-refractivity contribution in [1.82, 2.24) is 0 Å². The molecule has 1 aliphatic rings. The molecule has 0 heterocycles. The second-order valence-electron chi connectivity index (χ2n) is 9.19. The number of carbonyl (C=O) groups is 3. The van der Waals surface area contributed by atoms with Crippen molar-refractivity contribution in [2.45, 2.75) is 45.8 Å². The molecule has 4 aromatic carbocycles. The van der Waals surface area contributed by atoms with Gasteiger partial charge in [-0.3, -0.25) is 9.59 Å².